The molecule has 2 amide bonds. The highest BCUT2D eigenvalue weighted by Gasteiger charge is 2.58. The first-order valence-corrected chi connectivity index (χ1v) is 18.1. The minimum absolute atomic E-state index is 0.712. The number of aliphatic hydroxyl groups excluding tert-OH is 12. The molecule has 0 spiro atoms. The first kappa shape index (κ1) is 48.3. The quantitative estimate of drug-likeness (QED) is 0.0685. The van der Waals surface area contributed by atoms with Crippen molar-refractivity contribution in [3.8, 4) is 0 Å². The van der Waals surface area contributed by atoms with Gasteiger partial charge in [0.15, 0.2) is 18.9 Å². The molecule has 0 aliphatic carbocycles. The molecule has 0 saturated carbocycles. The van der Waals surface area contributed by atoms with Crippen molar-refractivity contribution in [1.29, 1.82) is 0 Å². The normalized spacial score (nSPS) is 44.5. The second kappa shape index (κ2) is 20.4. The second-order valence-corrected chi connectivity index (χ2v) is 14.3. The lowest BCUT2D eigenvalue weighted by Crippen LogP contribution is -2.69. The number of carbonyl (C=O) groups is 3. The van der Waals surface area contributed by atoms with Crippen LogP contribution in [0.3, 0.4) is 0 Å². The number of amides is 2. The van der Waals surface area contributed by atoms with Crippen molar-refractivity contribution in [3.05, 3.63) is 0 Å². The third kappa shape index (κ3) is 10.4. The van der Waals surface area contributed by atoms with Gasteiger partial charge < -0.3 is 115 Å². The molecule has 20 unspecified atom stereocenters. The molecule has 58 heavy (non-hydrogen) atoms. The first-order chi connectivity index (χ1) is 27.2. The Kier molecular flexibility index (Phi) is 17.0. The van der Waals surface area contributed by atoms with Crippen LogP contribution >= 0.6 is 0 Å². The molecule has 0 aromatic carbocycles. The van der Waals surface area contributed by atoms with E-state index in [4.69, 9.17) is 37.9 Å². The lowest BCUT2D eigenvalue weighted by Gasteiger charge is -2.49. The SMILES string of the molecule is COC1OC(CO)C(O)C(O)C1OC1OC(CO)C(OC2OC(COC3(C(=O)O)CC(O)C(NC(C)=O)C([C@H](O)C(O)CO)O3)C(O)C(O)C2O)C(O)C1NC(C)=O. The smallest absolute Gasteiger partial charge is 0.364 e. The average molecular weight is 851 g/mol. The van der Waals surface area contributed by atoms with Crippen LogP contribution < -0.4 is 10.6 Å². The molecule has 0 aromatic rings. The molecule has 4 rings (SSSR count). The fourth-order valence-electron chi connectivity index (χ4n) is 7.10. The van der Waals surface area contributed by atoms with Crippen LogP contribution in [-0.2, 0) is 52.3 Å². The molecule has 26 nitrogen and oxygen atoms in total. The summed E-state index contributed by atoms with van der Waals surface area (Å²) >= 11 is 0. The van der Waals surface area contributed by atoms with Crippen LogP contribution in [-0.4, -0.2) is 246 Å². The zero-order chi connectivity index (χ0) is 43.4. The Bertz CT molecular complexity index is 1370. The van der Waals surface area contributed by atoms with E-state index in [9.17, 15) is 80.8 Å². The van der Waals surface area contributed by atoms with Gasteiger partial charge in [-0.25, -0.2) is 4.79 Å². The summed E-state index contributed by atoms with van der Waals surface area (Å²) in [6.07, 6.45) is -33.7. The number of nitrogens with one attached hydrogen (secondary N) is 2. The lowest BCUT2D eigenvalue weighted by molar-refractivity contribution is -0.374. The largest absolute Gasteiger partial charge is 0.477 e. The van der Waals surface area contributed by atoms with Gasteiger partial charge in [0.05, 0.1) is 38.6 Å². The molecule has 21 atom stereocenters. The monoisotopic (exact) mass is 850 g/mol. The molecule has 0 aromatic heterocycles. The van der Waals surface area contributed by atoms with Crippen molar-refractivity contribution in [2.75, 3.05) is 33.5 Å². The molecule has 0 radical (unpaired) electrons. The van der Waals surface area contributed by atoms with E-state index >= 15 is 0 Å². The van der Waals surface area contributed by atoms with Crippen molar-refractivity contribution >= 4 is 17.8 Å². The van der Waals surface area contributed by atoms with Gasteiger partial charge in [-0.05, 0) is 0 Å². The van der Waals surface area contributed by atoms with E-state index in [-0.39, 0.29) is 0 Å². The third-order valence-electron chi connectivity index (χ3n) is 10.2. The van der Waals surface area contributed by atoms with Crippen LogP contribution in [0.25, 0.3) is 0 Å². The Labute approximate surface area is 329 Å². The number of aliphatic hydroxyl groups is 12. The van der Waals surface area contributed by atoms with Gasteiger partial charge in [0.1, 0.15) is 91.5 Å². The number of rotatable bonds is 16. The van der Waals surface area contributed by atoms with Gasteiger partial charge in [-0.2, -0.15) is 0 Å². The number of hydrogen-bond donors (Lipinski definition) is 15. The van der Waals surface area contributed by atoms with E-state index in [0.29, 0.717) is 0 Å². The maximum Gasteiger partial charge on any atom is 0.364 e. The highest BCUT2D eigenvalue weighted by molar-refractivity contribution is 5.76. The summed E-state index contributed by atoms with van der Waals surface area (Å²) in [5, 5.41) is 141. The molecule has 4 saturated heterocycles. The van der Waals surface area contributed by atoms with Crippen molar-refractivity contribution in [2.45, 2.75) is 149 Å². The van der Waals surface area contributed by atoms with Gasteiger partial charge in [0, 0.05) is 27.4 Å². The van der Waals surface area contributed by atoms with E-state index in [1.165, 1.54) is 0 Å². The summed E-state index contributed by atoms with van der Waals surface area (Å²) in [4.78, 5) is 36.7. The minimum Gasteiger partial charge on any atom is -0.477 e. The Morgan fingerprint density at radius 1 is 0.707 bits per heavy atom. The summed E-state index contributed by atoms with van der Waals surface area (Å²) in [6.45, 7) is -1.66. The number of aliphatic carboxylic acids is 1. The van der Waals surface area contributed by atoms with Gasteiger partial charge >= 0.3 is 5.97 Å². The van der Waals surface area contributed by atoms with Crippen LogP contribution in [0.15, 0.2) is 0 Å². The summed E-state index contributed by atoms with van der Waals surface area (Å²) < 4.78 is 44.7. The highest BCUT2D eigenvalue weighted by atomic mass is 16.8. The fourth-order valence-corrected chi connectivity index (χ4v) is 7.10. The van der Waals surface area contributed by atoms with Crippen LogP contribution in [0.5, 0.6) is 0 Å². The molecule has 0 bridgehead atoms. The predicted octanol–water partition coefficient (Wildman–Crippen LogP) is -9.60. The van der Waals surface area contributed by atoms with E-state index < -0.39 is 179 Å². The Morgan fingerprint density at radius 3 is 1.81 bits per heavy atom. The van der Waals surface area contributed by atoms with E-state index in [0.717, 1.165) is 21.0 Å². The number of carboxylic acid groups (broad SMARTS) is 1. The Hall–Kier alpha value is -2.39. The summed E-state index contributed by atoms with van der Waals surface area (Å²) in [5.41, 5.74) is 0. The lowest BCUT2D eigenvalue weighted by atomic mass is 9.88. The number of hydrogen-bond acceptors (Lipinski definition) is 23. The van der Waals surface area contributed by atoms with Crippen molar-refractivity contribution < 1.29 is 119 Å². The topological polar surface area (TPSA) is 412 Å². The predicted molar refractivity (Wildman–Crippen MR) is 179 cm³/mol. The average Bonchev–Trinajstić information content (AvgIpc) is 3.18. The molecule has 4 aliphatic rings. The van der Waals surface area contributed by atoms with Crippen LogP contribution in [0, 0.1) is 0 Å². The molecular formula is C32H54N2O24. The van der Waals surface area contributed by atoms with Gasteiger partial charge in [0.25, 0.3) is 5.79 Å². The summed E-state index contributed by atoms with van der Waals surface area (Å²) in [6, 6.07) is -3.14. The van der Waals surface area contributed by atoms with Crippen molar-refractivity contribution in [1.82, 2.24) is 10.6 Å². The molecular weight excluding hydrogens is 796 g/mol. The van der Waals surface area contributed by atoms with Crippen molar-refractivity contribution in [2.24, 2.45) is 0 Å². The maximum atomic E-state index is 12.6. The van der Waals surface area contributed by atoms with Gasteiger partial charge in [0.2, 0.25) is 11.8 Å². The third-order valence-corrected chi connectivity index (χ3v) is 10.2. The number of methoxy groups -OCH3 is 1. The molecule has 4 aliphatic heterocycles. The highest BCUT2D eigenvalue weighted by Crippen LogP contribution is 2.36. The van der Waals surface area contributed by atoms with E-state index in [2.05, 4.69) is 10.6 Å². The maximum absolute atomic E-state index is 12.6. The van der Waals surface area contributed by atoms with Gasteiger partial charge in [-0.3, -0.25) is 9.59 Å². The molecule has 15 N–H and O–H groups in total. The molecule has 26 heteroatoms. The zero-order valence-electron chi connectivity index (χ0n) is 31.4. The summed E-state index contributed by atoms with van der Waals surface area (Å²) in [5.74, 6) is -6.33. The number of carbonyl (C=O) groups excluding carboxylic acids is 2. The Balaban J connectivity index is 1.55. The van der Waals surface area contributed by atoms with Gasteiger partial charge in [-0.1, -0.05) is 0 Å². The second-order valence-electron chi connectivity index (χ2n) is 14.3. The standard InChI is InChI=1S/C32H54N2O24/c1-9(38)33-16-11(40)4-32(31(49)50,58-26(16)18(42)12(41)5-35)52-8-15-20(44)22(46)24(48)29(55-15)56-25-14(7-37)54-28(17(21(25)45)34-10(2)39)57-27-23(47)19(43)13(6-36)53-30(27)51-3/h11-30,35-37,40-48H,4-8H2,1-3H3,(H,33,38)(H,34,39)(H,49,50)/t11?,12?,13?,14?,15?,16?,17?,18-,19?,20?,21?,22?,23?,24?,25?,26?,27?,28?,29?,30?,32?/m1/s1. The first-order valence-electron chi connectivity index (χ1n) is 18.1. The zero-order valence-corrected chi connectivity index (χ0v) is 31.4. The van der Waals surface area contributed by atoms with Crippen molar-refractivity contribution in [3.63, 3.8) is 0 Å². The minimum atomic E-state index is -2.90. The molecule has 4 heterocycles. The van der Waals surface area contributed by atoms with Crippen LogP contribution in [0.2, 0.25) is 0 Å². The fraction of sp³-hybridized carbons (Fsp3) is 0.906. The van der Waals surface area contributed by atoms with Crippen LogP contribution in [0.4, 0.5) is 0 Å². The summed E-state index contributed by atoms with van der Waals surface area (Å²) in [7, 11) is 1.16. The van der Waals surface area contributed by atoms with E-state index in [1.54, 1.807) is 0 Å². The van der Waals surface area contributed by atoms with E-state index in [1.807, 2.05) is 0 Å². The number of ether oxygens (including phenoxy) is 8. The number of carboxylic acids is 1. The Morgan fingerprint density at radius 2 is 1.26 bits per heavy atom. The van der Waals surface area contributed by atoms with Gasteiger partial charge in [-0.15, -0.1) is 0 Å². The van der Waals surface area contributed by atoms with Crippen LogP contribution in [0.1, 0.15) is 20.3 Å². The molecule has 336 valence electrons. The molecule has 4 fully saturated rings.